The molecular weight excluding hydrogens is 669 g/mol. The van der Waals surface area contributed by atoms with Gasteiger partial charge >= 0.3 is 12.2 Å². The average Bonchev–Trinajstić information content (AvgIpc) is 3.14. The minimum atomic E-state index is -1.33. The van der Waals surface area contributed by atoms with E-state index in [9.17, 15) is 0 Å². The van der Waals surface area contributed by atoms with E-state index in [1.807, 2.05) is 0 Å². The molecule has 6 nitrogen and oxygen atoms in total. The molecule has 2 amide bonds. The molecule has 2 aromatic carbocycles. The third kappa shape index (κ3) is 35.0. The van der Waals surface area contributed by atoms with E-state index in [0.717, 1.165) is 0 Å². The van der Waals surface area contributed by atoms with E-state index in [-0.39, 0.29) is 0 Å². The molecule has 0 unspecified atom stereocenters. The van der Waals surface area contributed by atoms with Gasteiger partial charge in [-0.3, -0.25) is 0 Å². The van der Waals surface area contributed by atoms with Crippen molar-refractivity contribution in [3.63, 3.8) is 0 Å². The Kier molecular flexibility index (Phi) is 37.9. The lowest BCUT2D eigenvalue weighted by atomic mass is 9.91. The molecule has 0 heterocycles. The van der Waals surface area contributed by atoms with E-state index in [2.05, 4.69) is 61.7 Å². The van der Waals surface area contributed by atoms with Crippen LogP contribution in [0.1, 0.15) is 230 Å². The molecule has 0 atom stereocenters. The molecule has 0 aliphatic heterocycles. The van der Waals surface area contributed by atoms with Crippen LogP contribution in [0.15, 0.2) is 36.4 Å². The van der Waals surface area contributed by atoms with E-state index in [1.165, 1.54) is 229 Å². The van der Waals surface area contributed by atoms with Crippen molar-refractivity contribution < 1.29 is 19.8 Å². The molecule has 312 valence electrons. The van der Waals surface area contributed by atoms with Gasteiger partial charge in [0.2, 0.25) is 0 Å². The third-order valence-corrected chi connectivity index (χ3v) is 10.7. The zero-order valence-electron chi connectivity index (χ0n) is 35.4. The molecule has 0 aromatic heterocycles. The lowest BCUT2D eigenvalue weighted by molar-refractivity contribution is 0.204. The van der Waals surface area contributed by atoms with Crippen LogP contribution in [-0.2, 0) is 12.8 Å². The van der Waals surface area contributed by atoms with Crippen LogP contribution >= 0.6 is 0 Å². The van der Waals surface area contributed by atoms with Crippen LogP contribution in [0, 0.1) is 0 Å². The number of fused-ring (bicyclic) bond motifs is 1. The largest absolute Gasteiger partial charge is 0.465 e. The number of unbranched alkanes of at least 4 members (excludes halogenated alkanes) is 30. The summed E-state index contributed by atoms with van der Waals surface area (Å²) in [5, 5.41) is 17.3. The summed E-state index contributed by atoms with van der Waals surface area (Å²) in [4.78, 5) is 17.6. The molecule has 0 saturated heterocycles. The zero-order valence-corrected chi connectivity index (χ0v) is 35.4. The number of aryl methyl sites for hydroxylation is 2. The lowest BCUT2D eigenvalue weighted by Gasteiger charge is -2.14. The third-order valence-electron chi connectivity index (χ3n) is 10.7. The van der Waals surface area contributed by atoms with Gasteiger partial charge in [0, 0.05) is 0 Å². The van der Waals surface area contributed by atoms with Crippen molar-refractivity contribution >= 4 is 23.0 Å². The maximum absolute atomic E-state index is 8.78. The monoisotopic (exact) mass is 755 g/mol. The smallest absolute Gasteiger partial charge is 0.402 e. The van der Waals surface area contributed by atoms with Gasteiger partial charge in [-0.25, -0.2) is 9.59 Å². The number of hydrogen-bond acceptors (Lipinski definition) is 2. The van der Waals surface area contributed by atoms with Gasteiger partial charge < -0.3 is 21.7 Å². The second kappa shape index (κ2) is 39.9. The highest BCUT2D eigenvalue weighted by Gasteiger charge is 2.08. The zero-order chi connectivity index (χ0) is 39.7. The molecule has 0 aliphatic rings. The molecule has 6 heteroatoms. The van der Waals surface area contributed by atoms with Crippen molar-refractivity contribution in [2.75, 3.05) is 0 Å². The van der Waals surface area contributed by atoms with Gasteiger partial charge in [-0.2, -0.15) is 0 Å². The number of carboxylic acid groups (broad SMARTS) is 2. The Morgan fingerprint density at radius 1 is 0.407 bits per heavy atom. The Balaban J connectivity index is 0.00000318. The van der Waals surface area contributed by atoms with Crippen molar-refractivity contribution in [1.82, 2.24) is 0 Å². The Bertz CT molecular complexity index is 1100. The number of nitrogens with two attached hydrogens (primary N) is 2. The maximum Gasteiger partial charge on any atom is 0.402 e. The van der Waals surface area contributed by atoms with E-state index >= 15 is 0 Å². The summed E-state index contributed by atoms with van der Waals surface area (Å²) in [6, 6.07) is 14.0. The second-order valence-electron chi connectivity index (χ2n) is 15.7. The summed E-state index contributed by atoms with van der Waals surface area (Å²) in [6.45, 7) is 4.62. The molecule has 0 radical (unpaired) electrons. The maximum atomic E-state index is 8.78. The topological polar surface area (TPSA) is 127 Å². The van der Waals surface area contributed by atoms with E-state index < -0.39 is 12.2 Å². The van der Waals surface area contributed by atoms with Crippen molar-refractivity contribution in [2.45, 2.75) is 232 Å². The number of amides is 2. The predicted molar refractivity (Wildman–Crippen MR) is 235 cm³/mol. The van der Waals surface area contributed by atoms with Gasteiger partial charge in [-0.05, 0) is 47.6 Å². The molecule has 0 fully saturated rings. The Labute approximate surface area is 333 Å². The lowest BCUT2D eigenvalue weighted by Crippen LogP contribution is -2.03. The Morgan fingerprint density at radius 3 is 1.02 bits per heavy atom. The highest BCUT2D eigenvalue weighted by Crippen LogP contribution is 2.27. The van der Waals surface area contributed by atoms with Crippen LogP contribution in [0.3, 0.4) is 0 Å². The first-order valence-corrected chi connectivity index (χ1v) is 22.8. The van der Waals surface area contributed by atoms with Crippen LogP contribution < -0.4 is 11.5 Å². The fourth-order valence-corrected chi connectivity index (χ4v) is 7.62. The minimum absolute atomic E-state index is 1.27. The van der Waals surface area contributed by atoms with Gasteiger partial charge in [-0.1, -0.05) is 243 Å². The quantitative estimate of drug-likeness (QED) is 0.0530. The average molecular weight is 755 g/mol. The van der Waals surface area contributed by atoms with E-state index in [4.69, 9.17) is 19.8 Å². The van der Waals surface area contributed by atoms with Gasteiger partial charge in [-0.15, -0.1) is 0 Å². The van der Waals surface area contributed by atoms with Crippen molar-refractivity contribution in [3.05, 3.63) is 47.5 Å². The number of hydrogen-bond donors (Lipinski definition) is 4. The first-order chi connectivity index (χ1) is 26.3. The van der Waals surface area contributed by atoms with Crippen LogP contribution in [0.5, 0.6) is 0 Å². The number of primary amides is 2. The summed E-state index contributed by atoms with van der Waals surface area (Å²) in [7, 11) is 0. The first kappa shape index (κ1) is 51.2. The van der Waals surface area contributed by atoms with Crippen LogP contribution in [0.4, 0.5) is 9.59 Å². The Morgan fingerprint density at radius 2 is 0.685 bits per heavy atom. The van der Waals surface area contributed by atoms with Gasteiger partial charge in [0.1, 0.15) is 0 Å². The summed E-state index contributed by atoms with van der Waals surface area (Å²) in [5.74, 6) is 0. The fourth-order valence-electron chi connectivity index (χ4n) is 7.62. The van der Waals surface area contributed by atoms with Crippen LogP contribution in [0.2, 0.25) is 0 Å². The predicted octanol–water partition coefficient (Wildman–Crippen LogP) is 15.7. The van der Waals surface area contributed by atoms with Gasteiger partial charge in [0.15, 0.2) is 0 Å². The number of rotatable bonds is 34. The highest BCUT2D eigenvalue weighted by atomic mass is 16.4. The summed E-state index contributed by atoms with van der Waals surface area (Å²) < 4.78 is 0. The SMILES string of the molecule is CCCCCCCCCCCCCCCCCCc1ccc2ccccc2c1CCCCCCCCCCCCCCCCCC.NC(=O)O.NC(=O)O. The van der Waals surface area contributed by atoms with Crippen LogP contribution in [0.25, 0.3) is 10.8 Å². The molecule has 0 spiro atoms. The summed E-state index contributed by atoms with van der Waals surface area (Å²) >= 11 is 0. The summed E-state index contributed by atoms with van der Waals surface area (Å²) in [5.41, 5.74) is 11.4. The van der Waals surface area contributed by atoms with Crippen molar-refractivity contribution in [3.8, 4) is 0 Å². The molecular formula is C48H86N2O4. The molecule has 0 aliphatic carbocycles. The molecule has 0 saturated carbocycles. The first-order valence-electron chi connectivity index (χ1n) is 22.8. The van der Waals surface area contributed by atoms with Gasteiger partial charge in [0.25, 0.3) is 0 Å². The minimum Gasteiger partial charge on any atom is -0.465 e. The second-order valence-corrected chi connectivity index (χ2v) is 15.7. The fraction of sp³-hybridized carbons (Fsp3) is 0.750. The van der Waals surface area contributed by atoms with E-state index in [1.54, 1.807) is 11.1 Å². The molecule has 54 heavy (non-hydrogen) atoms. The van der Waals surface area contributed by atoms with Crippen LogP contribution in [-0.4, -0.2) is 22.4 Å². The molecule has 0 bridgehead atoms. The highest BCUT2D eigenvalue weighted by molar-refractivity contribution is 5.86. The van der Waals surface area contributed by atoms with Crippen molar-refractivity contribution in [1.29, 1.82) is 0 Å². The standard InChI is InChI=1S/C46H80.2CH3NO2/c1-3-5-7-9-11-13-15-17-19-21-23-25-27-29-31-33-37-43-41-42-44-38-35-36-40-46(44)45(43)39-34-32-30-28-26-24-22-20-18-16-14-12-10-8-6-4-2;2*2-1(3)4/h35-36,38,40-42H,3-34,37,39H2,1-2H3;2*2H2,(H,3,4). The van der Waals surface area contributed by atoms with E-state index in [0.29, 0.717) is 0 Å². The molecule has 2 rings (SSSR count). The summed E-state index contributed by atoms with van der Waals surface area (Å²) in [6.07, 6.45) is 46.1. The normalized spacial score (nSPS) is 10.8. The van der Waals surface area contributed by atoms with Gasteiger partial charge in [0.05, 0.1) is 0 Å². The Hall–Kier alpha value is -2.76. The molecule has 2 aromatic rings. The number of benzene rings is 2. The molecule has 6 N–H and O–H groups in total. The number of carbonyl (C=O) groups is 2. The van der Waals surface area contributed by atoms with Crippen molar-refractivity contribution in [2.24, 2.45) is 11.5 Å².